The Morgan fingerprint density at radius 3 is 2.68 bits per heavy atom. The fourth-order valence-electron chi connectivity index (χ4n) is 5.28. The highest BCUT2D eigenvalue weighted by Crippen LogP contribution is 2.40. The van der Waals surface area contributed by atoms with E-state index >= 15 is 0 Å². The predicted octanol–water partition coefficient (Wildman–Crippen LogP) is 4.71. The number of aromatic nitrogens is 2. The number of imidazole rings is 1. The summed E-state index contributed by atoms with van der Waals surface area (Å²) in [5.74, 6) is 2.57. The van der Waals surface area contributed by atoms with Gasteiger partial charge in [-0.05, 0) is 61.6 Å². The Labute approximate surface area is 166 Å². The zero-order valence-electron chi connectivity index (χ0n) is 16.2. The summed E-state index contributed by atoms with van der Waals surface area (Å²) in [5, 5.41) is 0. The van der Waals surface area contributed by atoms with Crippen molar-refractivity contribution in [2.45, 2.75) is 51.1 Å². The molecule has 2 heterocycles. The quantitative estimate of drug-likeness (QED) is 0.720. The fourth-order valence-corrected chi connectivity index (χ4v) is 5.28. The minimum Gasteiger partial charge on any atom is -0.340 e. The van der Waals surface area contributed by atoms with Crippen LogP contribution < -0.4 is 0 Å². The number of carbonyl (C=O) groups excluding carboxylic acids is 1. The summed E-state index contributed by atoms with van der Waals surface area (Å²) >= 11 is 0. The van der Waals surface area contributed by atoms with Gasteiger partial charge in [0.2, 0.25) is 5.91 Å². The Morgan fingerprint density at radius 2 is 1.82 bits per heavy atom. The van der Waals surface area contributed by atoms with E-state index in [9.17, 15) is 4.79 Å². The molecule has 4 heteroatoms. The molecule has 5 rings (SSSR count). The van der Waals surface area contributed by atoms with Gasteiger partial charge in [-0.3, -0.25) is 4.79 Å². The number of amides is 1. The monoisotopic (exact) mass is 373 g/mol. The van der Waals surface area contributed by atoms with Crippen LogP contribution in [0.2, 0.25) is 0 Å². The van der Waals surface area contributed by atoms with Gasteiger partial charge < -0.3 is 9.88 Å². The molecule has 144 valence electrons. The second-order valence-corrected chi connectivity index (χ2v) is 8.46. The number of hydrogen-bond donors (Lipinski definition) is 1. The Hall–Kier alpha value is -2.62. The topological polar surface area (TPSA) is 49.0 Å². The lowest BCUT2D eigenvalue weighted by molar-refractivity contribution is -0.141. The van der Waals surface area contributed by atoms with E-state index in [1.807, 2.05) is 24.3 Å². The average Bonchev–Trinajstić information content (AvgIpc) is 3.13. The highest BCUT2D eigenvalue weighted by Gasteiger charge is 2.40. The van der Waals surface area contributed by atoms with Gasteiger partial charge in [0.05, 0.1) is 17.6 Å². The van der Waals surface area contributed by atoms with Gasteiger partial charge in [-0.15, -0.1) is 0 Å². The molecule has 0 spiro atoms. The average molecular weight is 374 g/mol. The van der Waals surface area contributed by atoms with E-state index < -0.39 is 0 Å². The number of para-hydroxylation sites is 2. The van der Waals surface area contributed by atoms with Gasteiger partial charge >= 0.3 is 0 Å². The van der Waals surface area contributed by atoms with Crippen LogP contribution in [-0.4, -0.2) is 26.8 Å². The van der Waals surface area contributed by atoms with Gasteiger partial charge in [0.15, 0.2) is 0 Å². The lowest BCUT2D eigenvalue weighted by atomic mass is 9.71. The molecule has 3 atom stereocenters. The Balaban J connectivity index is 1.29. The summed E-state index contributed by atoms with van der Waals surface area (Å²) in [6, 6.07) is 19.3. The smallest absolute Gasteiger partial charge is 0.223 e. The van der Waals surface area contributed by atoms with Crippen molar-refractivity contribution in [1.82, 2.24) is 14.9 Å². The number of hydrogen-bond acceptors (Lipinski definition) is 2. The summed E-state index contributed by atoms with van der Waals surface area (Å²) in [6.45, 7) is 0.609. The zero-order chi connectivity index (χ0) is 18.9. The lowest BCUT2D eigenvalue weighted by Gasteiger charge is -2.46. The van der Waals surface area contributed by atoms with Crippen molar-refractivity contribution in [1.29, 1.82) is 0 Å². The Kier molecular flexibility index (Phi) is 4.63. The first-order valence-corrected chi connectivity index (χ1v) is 10.5. The molecule has 3 unspecified atom stereocenters. The summed E-state index contributed by atoms with van der Waals surface area (Å²) < 4.78 is 0. The maximum atomic E-state index is 12.7. The molecule has 1 saturated heterocycles. The van der Waals surface area contributed by atoms with E-state index in [0.717, 1.165) is 35.6 Å². The molecular formula is C24H27N3O. The number of H-pyrrole nitrogens is 1. The van der Waals surface area contributed by atoms with Gasteiger partial charge in [-0.1, -0.05) is 42.5 Å². The van der Waals surface area contributed by atoms with Crippen LogP contribution in [0.25, 0.3) is 11.0 Å². The molecule has 2 fully saturated rings. The van der Waals surface area contributed by atoms with Gasteiger partial charge in [-0.25, -0.2) is 4.98 Å². The zero-order valence-corrected chi connectivity index (χ0v) is 16.2. The second kappa shape index (κ2) is 7.42. The Bertz CT molecular complexity index is 931. The molecule has 3 aromatic rings. The number of aromatic amines is 1. The van der Waals surface area contributed by atoms with Crippen molar-refractivity contribution >= 4 is 16.9 Å². The number of nitrogens with zero attached hydrogens (tertiary/aromatic N) is 2. The summed E-state index contributed by atoms with van der Waals surface area (Å²) in [7, 11) is 0. The number of fused-ring (bicyclic) bond motifs is 2. The minimum atomic E-state index is 0.295. The van der Waals surface area contributed by atoms with Crippen molar-refractivity contribution in [3.05, 3.63) is 66.0 Å². The fraction of sp³-hybridized carbons (Fsp3) is 0.417. The lowest BCUT2D eigenvalue weighted by Crippen LogP contribution is -2.50. The highest BCUT2D eigenvalue weighted by atomic mass is 16.2. The molecule has 1 aromatic heterocycles. The predicted molar refractivity (Wildman–Crippen MR) is 111 cm³/mol. The van der Waals surface area contributed by atoms with Crippen molar-refractivity contribution in [3.8, 4) is 0 Å². The Morgan fingerprint density at radius 1 is 1.00 bits per heavy atom. The van der Waals surface area contributed by atoms with E-state index in [4.69, 9.17) is 4.98 Å². The number of nitrogens with one attached hydrogen (secondary N) is 1. The van der Waals surface area contributed by atoms with Crippen LogP contribution in [0.4, 0.5) is 0 Å². The van der Waals surface area contributed by atoms with Crippen LogP contribution in [0.1, 0.15) is 43.5 Å². The maximum absolute atomic E-state index is 12.7. The molecule has 1 N–H and O–H groups in total. The van der Waals surface area contributed by atoms with E-state index in [1.54, 1.807) is 0 Å². The van der Waals surface area contributed by atoms with Crippen molar-refractivity contribution in [3.63, 3.8) is 0 Å². The first kappa shape index (κ1) is 17.5. The minimum absolute atomic E-state index is 0.295. The third kappa shape index (κ3) is 3.44. The molecule has 1 saturated carbocycles. The number of rotatable bonds is 4. The molecule has 1 aliphatic carbocycles. The van der Waals surface area contributed by atoms with Crippen LogP contribution in [0.5, 0.6) is 0 Å². The second-order valence-electron chi connectivity index (χ2n) is 8.46. The SMILES string of the molecule is O=C1CCC2CC(Cc3ccccc3)CCC2N1Cc1nc2ccccc2[nH]1. The van der Waals surface area contributed by atoms with Gasteiger partial charge in [0.25, 0.3) is 0 Å². The van der Waals surface area contributed by atoms with Crippen LogP contribution in [-0.2, 0) is 17.8 Å². The summed E-state index contributed by atoms with van der Waals surface area (Å²) in [5.41, 5.74) is 3.46. The number of carbonyl (C=O) groups is 1. The third-order valence-corrected chi connectivity index (χ3v) is 6.63. The van der Waals surface area contributed by atoms with Crippen molar-refractivity contribution in [2.24, 2.45) is 11.8 Å². The molecule has 1 amide bonds. The van der Waals surface area contributed by atoms with Gasteiger partial charge in [0.1, 0.15) is 5.82 Å². The van der Waals surface area contributed by atoms with E-state index in [2.05, 4.69) is 40.2 Å². The van der Waals surface area contributed by atoms with E-state index in [0.29, 0.717) is 30.8 Å². The van der Waals surface area contributed by atoms with Crippen LogP contribution in [0, 0.1) is 11.8 Å². The standard InChI is InChI=1S/C24H27N3O/c28-24-13-11-19-15-18(14-17-6-2-1-3-7-17)10-12-22(19)27(24)16-23-25-20-8-4-5-9-21(20)26-23/h1-9,18-19,22H,10-16H2,(H,25,26). The van der Waals surface area contributed by atoms with Gasteiger partial charge in [-0.2, -0.15) is 0 Å². The van der Waals surface area contributed by atoms with Crippen LogP contribution >= 0.6 is 0 Å². The first-order chi connectivity index (χ1) is 13.8. The number of benzene rings is 2. The normalized spacial score (nSPS) is 25.1. The molecule has 2 aliphatic rings. The molecule has 0 bridgehead atoms. The van der Waals surface area contributed by atoms with E-state index in [-0.39, 0.29) is 0 Å². The molecule has 2 aromatic carbocycles. The number of piperidine rings is 1. The van der Waals surface area contributed by atoms with Crippen LogP contribution in [0.15, 0.2) is 54.6 Å². The number of likely N-dealkylation sites (tertiary alicyclic amines) is 1. The van der Waals surface area contributed by atoms with Crippen LogP contribution in [0.3, 0.4) is 0 Å². The third-order valence-electron chi connectivity index (χ3n) is 6.63. The summed E-state index contributed by atoms with van der Waals surface area (Å²) in [6.07, 6.45) is 6.46. The van der Waals surface area contributed by atoms with Crippen molar-refractivity contribution < 1.29 is 4.79 Å². The summed E-state index contributed by atoms with van der Waals surface area (Å²) in [4.78, 5) is 22.9. The first-order valence-electron chi connectivity index (χ1n) is 10.5. The maximum Gasteiger partial charge on any atom is 0.223 e. The largest absolute Gasteiger partial charge is 0.340 e. The van der Waals surface area contributed by atoms with Gasteiger partial charge in [0, 0.05) is 12.5 Å². The molecule has 1 aliphatic heterocycles. The molecular weight excluding hydrogens is 346 g/mol. The molecule has 0 radical (unpaired) electrons. The van der Waals surface area contributed by atoms with E-state index in [1.165, 1.54) is 24.8 Å². The highest BCUT2D eigenvalue weighted by molar-refractivity contribution is 5.78. The molecule has 28 heavy (non-hydrogen) atoms. The molecule has 4 nitrogen and oxygen atoms in total. The van der Waals surface area contributed by atoms with Crippen molar-refractivity contribution in [2.75, 3.05) is 0 Å².